The first-order valence-corrected chi connectivity index (χ1v) is 7.92. The Morgan fingerprint density at radius 3 is 2.55 bits per heavy atom. The number of benzene rings is 1. The molecule has 1 aliphatic heterocycles. The molecule has 2 atom stereocenters. The zero-order chi connectivity index (χ0) is 15.0. The zero-order valence-electron chi connectivity index (χ0n) is 12.4. The standard InChI is InChI=1S/C16H23BrN2O/c1-4-15(2)9-10-19(11-15)14(20)16(3,18)12-5-7-13(17)8-6-12/h5-8H,4,9-11,18H2,1-3H3. The highest BCUT2D eigenvalue weighted by Crippen LogP contribution is 2.35. The Morgan fingerprint density at radius 1 is 1.45 bits per heavy atom. The van der Waals surface area contributed by atoms with Gasteiger partial charge in [0.05, 0.1) is 0 Å². The molecule has 20 heavy (non-hydrogen) atoms. The Hall–Kier alpha value is -0.870. The van der Waals surface area contributed by atoms with Gasteiger partial charge in [-0.05, 0) is 42.9 Å². The first-order valence-electron chi connectivity index (χ1n) is 7.13. The van der Waals surface area contributed by atoms with Crippen LogP contribution in [0, 0.1) is 5.41 Å². The molecule has 4 heteroatoms. The minimum atomic E-state index is -0.959. The van der Waals surface area contributed by atoms with Crippen molar-refractivity contribution in [1.82, 2.24) is 4.90 Å². The van der Waals surface area contributed by atoms with Gasteiger partial charge in [0.1, 0.15) is 5.54 Å². The van der Waals surface area contributed by atoms with Gasteiger partial charge in [-0.3, -0.25) is 4.79 Å². The Labute approximate surface area is 129 Å². The van der Waals surface area contributed by atoms with E-state index >= 15 is 0 Å². The third kappa shape index (κ3) is 2.91. The van der Waals surface area contributed by atoms with E-state index in [1.54, 1.807) is 6.92 Å². The van der Waals surface area contributed by atoms with E-state index < -0.39 is 5.54 Å². The number of carbonyl (C=O) groups excluding carboxylic acids is 1. The Kier molecular flexibility index (Phi) is 4.26. The van der Waals surface area contributed by atoms with E-state index in [0.717, 1.165) is 36.0 Å². The van der Waals surface area contributed by atoms with Gasteiger partial charge in [-0.25, -0.2) is 0 Å². The Bertz CT molecular complexity index is 498. The van der Waals surface area contributed by atoms with Crippen molar-refractivity contribution in [3.05, 3.63) is 34.3 Å². The monoisotopic (exact) mass is 338 g/mol. The zero-order valence-corrected chi connectivity index (χ0v) is 14.0. The fourth-order valence-corrected chi connectivity index (χ4v) is 3.00. The molecule has 1 heterocycles. The molecule has 1 aromatic rings. The molecule has 0 aliphatic carbocycles. The molecule has 0 bridgehead atoms. The predicted molar refractivity (Wildman–Crippen MR) is 85.3 cm³/mol. The molecule has 1 aromatic carbocycles. The highest BCUT2D eigenvalue weighted by atomic mass is 79.9. The number of nitrogens with two attached hydrogens (primary N) is 1. The van der Waals surface area contributed by atoms with Crippen LogP contribution in [0.25, 0.3) is 0 Å². The molecule has 0 saturated carbocycles. The van der Waals surface area contributed by atoms with Gasteiger partial charge in [-0.2, -0.15) is 0 Å². The van der Waals surface area contributed by atoms with Crippen LogP contribution in [-0.2, 0) is 10.3 Å². The van der Waals surface area contributed by atoms with Crippen LogP contribution in [0.5, 0.6) is 0 Å². The lowest BCUT2D eigenvalue weighted by Gasteiger charge is -2.31. The maximum absolute atomic E-state index is 12.7. The summed E-state index contributed by atoms with van der Waals surface area (Å²) in [5.41, 5.74) is 6.48. The molecular weight excluding hydrogens is 316 g/mol. The van der Waals surface area contributed by atoms with Crippen molar-refractivity contribution in [1.29, 1.82) is 0 Å². The van der Waals surface area contributed by atoms with E-state index in [2.05, 4.69) is 29.8 Å². The smallest absolute Gasteiger partial charge is 0.246 e. The van der Waals surface area contributed by atoms with E-state index in [0.29, 0.717) is 0 Å². The number of likely N-dealkylation sites (tertiary alicyclic amines) is 1. The van der Waals surface area contributed by atoms with Crippen LogP contribution in [0.3, 0.4) is 0 Å². The Morgan fingerprint density at radius 2 is 2.05 bits per heavy atom. The van der Waals surface area contributed by atoms with Gasteiger partial charge in [0.15, 0.2) is 0 Å². The van der Waals surface area contributed by atoms with E-state index in [1.807, 2.05) is 29.2 Å². The van der Waals surface area contributed by atoms with E-state index in [-0.39, 0.29) is 11.3 Å². The summed E-state index contributed by atoms with van der Waals surface area (Å²) in [6, 6.07) is 7.68. The van der Waals surface area contributed by atoms with Crippen molar-refractivity contribution in [2.45, 2.75) is 39.2 Å². The van der Waals surface area contributed by atoms with Crippen LogP contribution in [0.15, 0.2) is 28.7 Å². The molecule has 2 unspecified atom stereocenters. The minimum Gasteiger partial charge on any atom is -0.340 e. The molecule has 0 spiro atoms. The first-order chi connectivity index (χ1) is 9.28. The second kappa shape index (κ2) is 5.49. The normalized spacial score (nSPS) is 25.6. The maximum Gasteiger partial charge on any atom is 0.246 e. The summed E-state index contributed by atoms with van der Waals surface area (Å²) in [7, 11) is 0. The summed E-state index contributed by atoms with van der Waals surface area (Å²) >= 11 is 3.40. The summed E-state index contributed by atoms with van der Waals surface area (Å²) in [6.45, 7) is 7.86. The highest BCUT2D eigenvalue weighted by Gasteiger charge is 2.41. The SMILES string of the molecule is CCC1(C)CCN(C(=O)C(C)(N)c2ccc(Br)cc2)C1. The lowest BCUT2D eigenvalue weighted by Crippen LogP contribution is -2.50. The van der Waals surface area contributed by atoms with E-state index in [4.69, 9.17) is 5.73 Å². The molecule has 1 amide bonds. The van der Waals surface area contributed by atoms with Crippen molar-refractivity contribution in [2.24, 2.45) is 11.1 Å². The van der Waals surface area contributed by atoms with E-state index in [1.165, 1.54) is 0 Å². The molecule has 0 radical (unpaired) electrons. The van der Waals surface area contributed by atoms with Crippen molar-refractivity contribution >= 4 is 21.8 Å². The van der Waals surface area contributed by atoms with Crippen molar-refractivity contribution < 1.29 is 4.79 Å². The van der Waals surface area contributed by atoms with Gasteiger partial charge in [0, 0.05) is 17.6 Å². The fourth-order valence-electron chi connectivity index (χ4n) is 2.73. The number of halogens is 1. The second-order valence-electron chi connectivity index (χ2n) is 6.35. The van der Waals surface area contributed by atoms with Gasteiger partial charge in [0.2, 0.25) is 5.91 Å². The molecule has 3 nitrogen and oxygen atoms in total. The third-order valence-electron chi connectivity index (χ3n) is 4.59. The second-order valence-corrected chi connectivity index (χ2v) is 7.27. The van der Waals surface area contributed by atoms with Gasteiger partial charge in [-0.1, -0.05) is 41.9 Å². The number of amides is 1. The molecule has 110 valence electrons. The van der Waals surface area contributed by atoms with Gasteiger partial charge in [-0.15, -0.1) is 0 Å². The predicted octanol–water partition coefficient (Wildman–Crippen LogP) is 3.27. The van der Waals surface area contributed by atoms with Gasteiger partial charge >= 0.3 is 0 Å². The molecule has 2 rings (SSSR count). The number of carbonyl (C=O) groups is 1. The minimum absolute atomic E-state index is 0.0250. The quantitative estimate of drug-likeness (QED) is 0.919. The van der Waals surface area contributed by atoms with Crippen LogP contribution < -0.4 is 5.73 Å². The number of hydrogen-bond donors (Lipinski definition) is 1. The maximum atomic E-state index is 12.7. The summed E-state index contributed by atoms with van der Waals surface area (Å²) in [5.74, 6) is 0.0250. The molecule has 2 N–H and O–H groups in total. The summed E-state index contributed by atoms with van der Waals surface area (Å²) in [5, 5.41) is 0. The molecular formula is C16H23BrN2O. The molecule has 1 saturated heterocycles. The van der Waals surface area contributed by atoms with Crippen LogP contribution in [0.1, 0.15) is 39.2 Å². The summed E-state index contributed by atoms with van der Waals surface area (Å²) in [4.78, 5) is 14.7. The molecule has 1 fully saturated rings. The van der Waals surface area contributed by atoms with Crippen molar-refractivity contribution in [3.63, 3.8) is 0 Å². The lowest BCUT2D eigenvalue weighted by atomic mass is 9.87. The largest absolute Gasteiger partial charge is 0.340 e. The number of nitrogens with zero attached hydrogens (tertiary/aromatic N) is 1. The molecule has 1 aliphatic rings. The highest BCUT2D eigenvalue weighted by molar-refractivity contribution is 9.10. The van der Waals surface area contributed by atoms with E-state index in [9.17, 15) is 4.79 Å². The summed E-state index contributed by atoms with van der Waals surface area (Å²) in [6.07, 6.45) is 2.15. The van der Waals surface area contributed by atoms with Crippen LogP contribution in [0.4, 0.5) is 0 Å². The lowest BCUT2D eigenvalue weighted by molar-refractivity contribution is -0.136. The van der Waals surface area contributed by atoms with Gasteiger partial charge in [0.25, 0.3) is 0 Å². The van der Waals surface area contributed by atoms with Crippen LogP contribution in [-0.4, -0.2) is 23.9 Å². The van der Waals surface area contributed by atoms with Crippen LogP contribution in [0.2, 0.25) is 0 Å². The average molecular weight is 339 g/mol. The number of hydrogen-bond acceptors (Lipinski definition) is 2. The van der Waals surface area contributed by atoms with Crippen molar-refractivity contribution in [3.8, 4) is 0 Å². The van der Waals surface area contributed by atoms with Gasteiger partial charge < -0.3 is 10.6 Å². The van der Waals surface area contributed by atoms with Crippen molar-refractivity contribution in [2.75, 3.05) is 13.1 Å². The Balaban J connectivity index is 2.18. The third-order valence-corrected chi connectivity index (χ3v) is 5.12. The average Bonchev–Trinajstić information content (AvgIpc) is 2.82. The van der Waals surface area contributed by atoms with Crippen LogP contribution >= 0.6 is 15.9 Å². The first kappa shape index (κ1) is 15.5. The topological polar surface area (TPSA) is 46.3 Å². The fraction of sp³-hybridized carbons (Fsp3) is 0.562. The molecule has 0 aromatic heterocycles. The summed E-state index contributed by atoms with van der Waals surface area (Å²) < 4.78 is 0.990. The number of rotatable bonds is 3.